The van der Waals surface area contributed by atoms with Gasteiger partial charge in [0.15, 0.2) is 0 Å². The zero-order chi connectivity index (χ0) is 12.0. The summed E-state index contributed by atoms with van der Waals surface area (Å²) in [7, 11) is 1.94. The Balaban J connectivity index is 3.06. The van der Waals surface area contributed by atoms with Gasteiger partial charge in [0.2, 0.25) is 0 Å². The molecule has 0 saturated heterocycles. The quantitative estimate of drug-likeness (QED) is 0.763. The molecule has 0 spiro atoms. The molecule has 1 atom stereocenters. The molecule has 0 aliphatic carbocycles. The first-order valence-electron chi connectivity index (χ1n) is 5.55. The van der Waals surface area contributed by atoms with Gasteiger partial charge < -0.3 is 10.2 Å². The molecule has 0 radical (unpaired) electrons. The Hall–Kier alpha value is -1.53. The standard InChI is InChI=1S/C13H19N3/c1-5-10-16(6-2)13-12(11(3)14-4)8-7-9-15-13/h1,7-9,11,14H,6,10H2,2-4H3. The maximum Gasteiger partial charge on any atom is 0.134 e. The molecule has 1 aromatic heterocycles. The second-order valence-corrected chi connectivity index (χ2v) is 3.64. The lowest BCUT2D eigenvalue weighted by molar-refractivity contribution is 0.646. The first-order chi connectivity index (χ1) is 7.74. The molecule has 1 aromatic rings. The Morgan fingerprint density at radius 2 is 2.38 bits per heavy atom. The van der Waals surface area contributed by atoms with Crippen molar-refractivity contribution in [1.29, 1.82) is 0 Å². The molecule has 0 amide bonds. The molecule has 0 aromatic carbocycles. The lowest BCUT2D eigenvalue weighted by Crippen LogP contribution is -2.27. The van der Waals surface area contributed by atoms with Gasteiger partial charge >= 0.3 is 0 Å². The molecule has 16 heavy (non-hydrogen) atoms. The van der Waals surface area contributed by atoms with E-state index in [1.165, 1.54) is 5.56 Å². The Morgan fingerprint density at radius 1 is 1.62 bits per heavy atom. The maximum absolute atomic E-state index is 5.37. The summed E-state index contributed by atoms with van der Waals surface area (Å²) in [5.41, 5.74) is 1.18. The van der Waals surface area contributed by atoms with Crippen LogP contribution >= 0.6 is 0 Å². The zero-order valence-electron chi connectivity index (χ0n) is 10.2. The molecule has 0 aliphatic heterocycles. The summed E-state index contributed by atoms with van der Waals surface area (Å²) in [6, 6.07) is 4.31. The van der Waals surface area contributed by atoms with Crippen molar-refractivity contribution in [2.24, 2.45) is 0 Å². The van der Waals surface area contributed by atoms with E-state index >= 15 is 0 Å². The van der Waals surface area contributed by atoms with Gasteiger partial charge in [0.1, 0.15) is 5.82 Å². The predicted octanol–water partition coefficient (Wildman–Crippen LogP) is 1.82. The molecule has 1 rings (SSSR count). The van der Waals surface area contributed by atoms with Crippen molar-refractivity contribution in [2.45, 2.75) is 19.9 Å². The molecule has 1 heterocycles. The van der Waals surface area contributed by atoms with Crippen molar-refractivity contribution in [3.8, 4) is 12.3 Å². The Labute approximate surface area is 97.9 Å². The van der Waals surface area contributed by atoms with Gasteiger partial charge in [-0.15, -0.1) is 6.42 Å². The zero-order valence-corrected chi connectivity index (χ0v) is 10.2. The van der Waals surface area contributed by atoms with Crippen LogP contribution in [0.25, 0.3) is 0 Å². The molecular weight excluding hydrogens is 198 g/mol. The minimum absolute atomic E-state index is 0.274. The monoisotopic (exact) mass is 217 g/mol. The van der Waals surface area contributed by atoms with E-state index in [-0.39, 0.29) is 6.04 Å². The molecule has 3 heteroatoms. The van der Waals surface area contributed by atoms with Crippen molar-refractivity contribution in [2.75, 3.05) is 25.0 Å². The van der Waals surface area contributed by atoms with Gasteiger partial charge in [0.25, 0.3) is 0 Å². The number of hydrogen-bond acceptors (Lipinski definition) is 3. The number of hydrogen-bond donors (Lipinski definition) is 1. The fraction of sp³-hybridized carbons (Fsp3) is 0.462. The van der Waals surface area contributed by atoms with Crippen LogP contribution in [0, 0.1) is 12.3 Å². The van der Waals surface area contributed by atoms with Crippen molar-refractivity contribution in [1.82, 2.24) is 10.3 Å². The molecule has 0 saturated carbocycles. The molecule has 1 unspecified atom stereocenters. The van der Waals surface area contributed by atoms with E-state index in [1.54, 1.807) is 6.20 Å². The molecule has 3 nitrogen and oxygen atoms in total. The minimum atomic E-state index is 0.274. The van der Waals surface area contributed by atoms with Gasteiger partial charge in [-0.25, -0.2) is 4.98 Å². The van der Waals surface area contributed by atoms with Crippen LogP contribution in [0.4, 0.5) is 5.82 Å². The number of nitrogens with one attached hydrogen (secondary N) is 1. The van der Waals surface area contributed by atoms with Crippen molar-refractivity contribution in [3.63, 3.8) is 0 Å². The topological polar surface area (TPSA) is 28.2 Å². The molecule has 0 bridgehead atoms. The molecule has 86 valence electrons. The Bertz CT molecular complexity index is 368. The van der Waals surface area contributed by atoms with Gasteiger partial charge in [-0.3, -0.25) is 0 Å². The number of aromatic nitrogens is 1. The molecular formula is C13H19N3. The van der Waals surface area contributed by atoms with E-state index < -0.39 is 0 Å². The summed E-state index contributed by atoms with van der Waals surface area (Å²) in [5.74, 6) is 3.64. The van der Waals surface area contributed by atoms with Crippen LogP contribution in [0.5, 0.6) is 0 Å². The van der Waals surface area contributed by atoms with Crippen LogP contribution in [0.1, 0.15) is 25.5 Å². The van der Waals surface area contributed by atoms with E-state index in [4.69, 9.17) is 6.42 Å². The molecule has 0 aliphatic rings. The molecule has 0 fully saturated rings. The lowest BCUT2D eigenvalue weighted by atomic mass is 10.1. The summed E-state index contributed by atoms with van der Waals surface area (Å²) >= 11 is 0. The summed E-state index contributed by atoms with van der Waals surface area (Å²) in [6.45, 7) is 5.66. The average Bonchev–Trinajstić information content (AvgIpc) is 2.35. The normalized spacial score (nSPS) is 11.9. The van der Waals surface area contributed by atoms with Crippen LogP contribution in [-0.2, 0) is 0 Å². The van der Waals surface area contributed by atoms with E-state index in [9.17, 15) is 0 Å². The lowest BCUT2D eigenvalue weighted by Gasteiger charge is -2.24. The Kier molecular flexibility index (Phi) is 4.81. The second kappa shape index (κ2) is 6.14. The third kappa shape index (κ3) is 2.74. The largest absolute Gasteiger partial charge is 0.345 e. The van der Waals surface area contributed by atoms with Crippen LogP contribution in [0.2, 0.25) is 0 Å². The average molecular weight is 217 g/mol. The van der Waals surface area contributed by atoms with Gasteiger partial charge in [-0.05, 0) is 27.0 Å². The highest BCUT2D eigenvalue weighted by atomic mass is 15.2. The summed E-state index contributed by atoms with van der Waals surface area (Å²) in [5, 5.41) is 3.22. The fourth-order valence-electron chi connectivity index (χ4n) is 1.61. The summed E-state index contributed by atoms with van der Waals surface area (Å²) < 4.78 is 0. The van der Waals surface area contributed by atoms with Gasteiger partial charge in [0.05, 0.1) is 6.54 Å². The SMILES string of the molecule is C#CCN(CC)c1ncccc1C(C)NC. The number of pyridine rings is 1. The van der Waals surface area contributed by atoms with E-state index in [0.717, 1.165) is 12.4 Å². The highest BCUT2D eigenvalue weighted by Gasteiger charge is 2.13. The Morgan fingerprint density at radius 3 is 2.94 bits per heavy atom. The van der Waals surface area contributed by atoms with Crippen LogP contribution in [0.15, 0.2) is 18.3 Å². The fourth-order valence-corrected chi connectivity index (χ4v) is 1.61. The van der Waals surface area contributed by atoms with Crippen molar-refractivity contribution in [3.05, 3.63) is 23.9 Å². The third-order valence-electron chi connectivity index (χ3n) is 2.68. The summed E-state index contributed by atoms with van der Waals surface area (Å²) in [4.78, 5) is 6.53. The van der Waals surface area contributed by atoms with E-state index in [2.05, 4.69) is 41.0 Å². The van der Waals surface area contributed by atoms with Crippen LogP contribution < -0.4 is 10.2 Å². The smallest absolute Gasteiger partial charge is 0.134 e. The van der Waals surface area contributed by atoms with Crippen LogP contribution in [0.3, 0.4) is 0 Å². The number of anilines is 1. The predicted molar refractivity (Wildman–Crippen MR) is 68.4 cm³/mol. The highest BCUT2D eigenvalue weighted by molar-refractivity contribution is 5.49. The first kappa shape index (κ1) is 12.5. The highest BCUT2D eigenvalue weighted by Crippen LogP contribution is 2.22. The number of rotatable bonds is 5. The second-order valence-electron chi connectivity index (χ2n) is 3.64. The van der Waals surface area contributed by atoms with E-state index in [1.807, 2.05) is 13.1 Å². The van der Waals surface area contributed by atoms with Crippen molar-refractivity contribution >= 4 is 5.82 Å². The van der Waals surface area contributed by atoms with Crippen LogP contribution in [-0.4, -0.2) is 25.1 Å². The van der Waals surface area contributed by atoms with Gasteiger partial charge in [0, 0.05) is 24.3 Å². The van der Waals surface area contributed by atoms with Crippen molar-refractivity contribution < 1.29 is 0 Å². The minimum Gasteiger partial charge on any atom is -0.345 e. The van der Waals surface area contributed by atoms with Gasteiger partial charge in [-0.2, -0.15) is 0 Å². The van der Waals surface area contributed by atoms with Gasteiger partial charge in [-0.1, -0.05) is 12.0 Å². The first-order valence-corrected chi connectivity index (χ1v) is 5.55. The summed E-state index contributed by atoms with van der Waals surface area (Å²) in [6.07, 6.45) is 7.17. The molecule has 1 N–H and O–H groups in total. The van der Waals surface area contributed by atoms with E-state index in [0.29, 0.717) is 6.54 Å². The number of terminal acetylenes is 1. The maximum atomic E-state index is 5.37. The third-order valence-corrected chi connectivity index (χ3v) is 2.68. The number of nitrogens with zero attached hydrogens (tertiary/aromatic N) is 2.